The van der Waals surface area contributed by atoms with Gasteiger partial charge in [-0.2, -0.15) is 0 Å². The van der Waals surface area contributed by atoms with E-state index in [-0.39, 0.29) is 23.9 Å². The first-order chi connectivity index (χ1) is 14.8. The summed E-state index contributed by atoms with van der Waals surface area (Å²) >= 11 is 0. The number of hydrogen-bond acceptors (Lipinski definition) is 6. The summed E-state index contributed by atoms with van der Waals surface area (Å²) in [6.07, 6.45) is 0.583. The van der Waals surface area contributed by atoms with E-state index in [1.54, 1.807) is 31.5 Å². The molecule has 0 aliphatic carbocycles. The molecule has 0 radical (unpaired) electrons. The van der Waals surface area contributed by atoms with Crippen LogP contribution in [0.3, 0.4) is 0 Å². The maximum Gasteiger partial charge on any atom is 0.278 e. The molecule has 0 fully saturated rings. The summed E-state index contributed by atoms with van der Waals surface area (Å²) in [6, 6.07) is 13.2. The Balaban J connectivity index is 2.00. The van der Waals surface area contributed by atoms with Gasteiger partial charge in [-0.1, -0.05) is 36.9 Å². The third-order valence-corrected chi connectivity index (χ3v) is 5.29. The summed E-state index contributed by atoms with van der Waals surface area (Å²) in [5.74, 6) is -0.481. The van der Waals surface area contributed by atoms with E-state index in [4.69, 9.17) is 10.9 Å². The second kappa shape index (κ2) is 9.44. The van der Waals surface area contributed by atoms with Crippen molar-refractivity contribution in [1.82, 2.24) is 10.0 Å². The van der Waals surface area contributed by atoms with Crippen molar-refractivity contribution < 1.29 is 10.0 Å². The number of hydroxylamine groups is 1. The molecule has 8 heteroatoms. The minimum absolute atomic E-state index is 0.146. The van der Waals surface area contributed by atoms with Gasteiger partial charge in [0.05, 0.1) is 18.2 Å². The predicted octanol–water partition coefficient (Wildman–Crippen LogP) is 2.23. The summed E-state index contributed by atoms with van der Waals surface area (Å²) in [5, 5.41) is 12.2. The predicted molar refractivity (Wildman–Crippen MR) is 122 cm³/mol. The third kappa shape index (κ3) is 4.75. The van der Waals surface area contributed by atoms with Gasteiger partial charge in [-0.05, 0) is 49.1 Å². The Morgan fingerprint density at radius 2 is 1.97 bits per heavy atom. The zero-order valence-corrected chi connectivity index (χ0v) is 17.7. The number of aliphatic imine (C=N–C) groups is 1. The lowest BCUT2D eigenvalue weighted by Crippen LogP contribution is -2.36. The first-order valence-electron chi connectivity index (χ1n) is 10.0. The number of carbonyl (C=O) groups excluding carboxylic acids is 1. The van der Waals surface area contributed by atoms with Crippen LogP contribution in [0.15, 0.2) is 70.0 Å². The average molecular weight is 422 g/mol. The molecule has 31 heavy (non-hydrogen) atoms. The van der Waals surface area contributed by atoms with Gasteiger partial charge in [0.2, 0.25) is 5.91 Å². The molecule has 0 saturated carbocycles. The number of nitrogens with zero attached hydrogens (tertiary/aromatic N) is 2. The summed E-state index contributed by atoms with van der Waals surface area (Å²) in [5.41, 5.74) is 11.1. The highest BCUT2D eigenvalue weighted by Crippen LogP contribution is 2.29. The van der Waals surface area contributed by atoms with Crippen LogP contribution in [-0.2, 0) is 11.2 Å². The van der Waals surface area contributed by atoms with E-state index in [9.17, 15) is 9.59 Å². The number of carbonyl (C=O) groups is 1. The van der Waals surface area contributed by atoms with Crippen molar-refractivity contribution in [2.24, 2.45) is 10.7 Å². The number of amides is 1. The normalized spacial score (nSPS) is 16.2. The van der Waals surface area contributed by atoms with Gasteiger partial charge in [0.15, 0.2) is 0 Å². The standard InChI is InChI=1S/C23H27N5O3/c1-14-9-10-19(25-12-11-17-7-5-4-6-8-17)23(30)28(14)21-18(13-20(29)27-31)15(2)16(3)26-22(21)24/h4-10,16,25,31H,2,11-13H2,1,3H3,(H2,24,26)(H,27,29). The molecule has 1 atom stereocenters. The van der Waals surface area contributed by atoms with Crippen LogP contribution < -0.4 is 22.1 Å². The number of aryl methyl sites for hydroxylation is 1. The van der Waals surface area contributed by atoms with Crippen molar-refractivity contribution >= 4 is 23.1 Å². The van der Waals surface area contributed by atoms with Crippen molar-refractivity contribution in [3.8, 4) is 0 Å². The van der Waals surface area contributed by atoms with Gasteiger partial charge in [0.1, 0.15) is 11.5 Å². The van der Waals surface area contributed by atoms with Crippen molar-refractivity contribution in [3.63, 3.8) is 0 Å². The largest absolute Gasteiger partial charge is 0.382 e. The summed E-state index contributed by atoms with van der Waals surface area (Å²) in [4.78, 5) is 29.6. The fourth-order valence-electron chi connectivity index (χ4n) is 3.58. The molecule has 1 aromatic heterocycles. The zero-order chi connectivity index (χ0) is 22.5. The van der Waals surface area contributed by atoms with Crippen LogP contribution in [0.25, 0.3) is 5.70 Å². The number of nitrogens with two attached hydrogens (primary N) is 1. The lowest BCUT2D eigenvalue weighted by Gasteiger charge is -2.27. The number of rotatable bonds is 7. The van der Waals surface area contributed by atoms with E-state index in [1.165, 1.54) is 4.57 Å². The van der Waals surface area contributed by atoms with Crippen molar-refractivity contribution in [2.75, 3.05) is 11.9 Å². The maximum atomic E-state index is 13.3. The Hall–Kier alpha value is -3.65. The molecule has 1 aromatic carbocycles. The third-order valence-electron chi connectivity index (χ3n) is 5.29. The maximum absolute atomic E-state index is 13.3. The Kier molecular flexibility index (Phi) is 6.71. The first-order valence-corrected chi connectivity index (χ1v) is 10.0. The Morgan fingerprint density at radius 3 is 2.65 bits per heavy atom. The first kappa shape index (κ1) is 22.0. The van der Waals surface area contributed by atoms with Crippen molar-refractivity contribution in [3.05, 3.63) is 81.8 Å². The number of anilines is 1. The fourth-order valence-corrected chi connectivity index (χ4v) is 3.58. The smallest absolute Gasteiger partial charge is 0.278 e. The highest BCUT2D eigenvalue weighted by atomic mass is 16.5. The number of pyridine rings is 1. The van der Waals surface area contributed by atoms with Crippen LogP contribution in [0, 0.1) is 6.92 Å². The van der Waals surface area contributed by atoms with E-state index >= 15 is 0 Å². The highest BCUT2D eigenvalue weighted by molar-refractivity contribution is 6.19. The van der Waals surface area contributed by atoms with E-state index in [0.717, 1.165) is 12.0 Å². The van der Waals surface area contributed by atoms with Crippen LogP contribution in [-0.4, -0.2) is 34.1 Å². The number of benzene rings is 1. The minimum Gasteiger partial charge on any atom is -0.382 e. The molecular formula is C23H27N5O3. The summed E-state index contributed by atoms with van der Waals surface area (Å²) in [7, 11) is 0. The quantitative estimate of drug-likeness (QED) is 0.403. The van der Waals surface area contributed by atoms with Gasteiger partial charge >= 0.3 is 0 Å². The number of amidine groups is 1. The lowest BCUT2D eigenvalue weighted by molar-refractivity contribution is -0.128. The SMILES string of the molecule is C=C1C(CC(=O)NO)=C(n2c(C)ccc(NCCc3ccccc3)c2=O)C(N)=NC1C. The van der Waals surface area contributed by atoms with E-state index in [2.05, 4.69) is 16.9 Å². The van der Waals surface area contributed by atoms with E-state index in [1.807, 2.05) is 30.3 Å². The topological polar surface area (TPSA) is 122 Å². The summed E-state index contributed by atoms with van der Waals surface area (Å²) in [6.45, 7) is 8.19. The van der Waals surface area contributed by atoms with Gasteiger partial charge in [0, 0.05) is 12.2 Å². The molecule has 162 valence electrons. The molecule has 0 bridgehead atoms. The molecule has 3 rings (SSSR count). The number of hydrogen-bond donors (Lipinski definition) is 4. The van der Waals surface area contributed by atoms with Gasteiger partial charge in [0.25, 0.3) is 5.56 Å². The lowest BCUT2D eigenvalue weighted by atomic mass is 9.93. The molecule has 1 amide bonds. The highest BCUT2D eigenvalue weighted by Gasteiger charge is 2.27. The molecule has 1 aliphatic heterocycles. The number of aromatic nitrogens is 1. The van der Waals surface area contributed by atoms with Crippen molar-refractivity contribution in [1.29, 1.82) is 0 Å². The Bertz CT molecular complexity index is 1120. The molecular weight excluding hydrogens is 394 g/mol. The van der Waals surface area contributed by atoms with Gasteiger partial charge < -0.3 is 11.1 Å². The molecule has 0 saturated heterocycles. The molecule has 0 spiro atoms. The van der Waals surface area contributed by atoms with Gasteiger partial charge in [-0.15, -0.1) is 0 Å². The van der Waals surface area contributed by atoms with Gasteiger partial charge in [-0.3, -0.25) is 24.4 Å². The molecule has 2 heterocycles. The Labute approximate surface area is 180 Å². The molecule has 1 unspecified atom stereocenters. The fraction of sp³-hybridized carbons (Fsp3) is 0.261. The van der Waals surface area contributed by atoms with E-state index < -0.39 is 5.91 Å². The molecule has 5 N–H and O–H groups in total. The Morgan fingerprint density at radius 1 is 1.26 bits per heavy atom. The van der Waals surface area contributed by atoms with Gasteiger partial charge in [-0.25, -0.2) is 5.48 Å². The van der Waals surface area contributed by atoms with Crippen LogP contribution in [0.5, 0.6) is 0 Å². The second-order valence-electron chi connectivity index (χ2n) is 7.45. The number of dihydropyridines is 1. The minimum atomic E-state index is -0.626. The average Bonchev–Trinajstić information content (AvgIpc) is 2.76. The number of nitrogens with one attached hydrogen (secondary N) is 2. The monoisotopic (exact) mass is 421 g/mol. The zero-order valence-electron chi connectivity index (χ0n) is 17.7. The van der Waals surface area contributed by atoms with Crippen LogP contribution in [0.4, 0.5) is 5.69 Å². The van der Waals surface area contributed by atoms with Crippen molar-refractivity contribution in [2.45, 2.75) is 32.7 Å². The van der Waals surface area contributed by atoms with E-state index in [0.29, 0.717) is 34.8 Å². The second-order valence-corrected chi connectivity index (χ2v) is 7.45. The van der Waals surface area contributed by atoms with Crippen LogP contribution in [0.1, 0.15) is 24.6 Å². The summed E-state index contributed by atoms with van der Waals surface area (Å²) < 4.78 is 1.45. The molecule has 2 aromatic rings. The van der Waals surface area contributed by atoms with Crippen LogP contribution in [0.2, 0.25) is 0 Å². The van der Waals surface area contributed by atoms with Crippen LogP contribution >= 0.6 is 0 Å². The molecule has 1 aliphatic rings. The molecule has 8 nitrogen and oxygen atoms in total.